The summed E-state index contributed by atoms with van der Waals surface area (Å²) in [6.45, 7) is 0. The van der Waals surface area contributed by atoms with E-state index in [-0.39, 0.29) is 5.88 Å². The molecule has 6 nitrogen and oxygen atoms in total. The van der Waals surface area contributed by atoms with Crippen molar-refractivity contribution < 1.29 is 9.90 Å². The molecule has 28 heavy (non-hydrogen) atoms. The van der Waals surface area contributed by atoms with Crippen LogP contribution in [0.2, 0.25) is 0 Å². The van der Waals surface area contributed by atoms with Crippen molar-refractivity contribution in [1.82, 2.24) is 14.8 Å². The molecule has 0 unspecified atom stereocenters. The molecule has 138 valence electrons. The van der Waals surface area contributed by atoms with E-state index in [0.29, 0.717) is 28.9 Å². The number of pyridine rings is 1. The molecule has 0 aliphatic carbocycles. The fourth-order valence-electron chi connectivity index (χ4n) is 3.15. The maximum atomic E-state index is 11.9. The van der Waals surface area contributed by atoms with Gasteiger partial charge in [-0.15, -0.1) is 0 Å². The van der Waals surface area contributed by atoms with Gasteiger partial charge in [0, 0.05) is 11.8 Å². The molecule has 0 spiro atoms. The lowest BCUT2D eigenvalue weighted by Gasteiger charge is -2.11. The second kappa shape index (κ2) is 7.36. The Balaban J connectivity index is 1.76. The fourth-order valence-corrected chi connectivity index (χ4v) is 3.15. The first kappa shape index (κ1) is 17.5. The minimum Gasteiger partial charge on any atom is -0.493 e. The Labute approximate surface area is 161 Å². The SMILES string of the molecule is NC(=O)c1ccc(-n2ncc(-c3ccccn3)c2O)cc1Cc1ccccc1. The van der Waals surface area contributed by atoms with Gasteiger partial charge >= 0.3 is 0 Å². The summed E-state index contributed by atoms with van der Waals surface area (Å²) < 4.78 is 1.42. The van der Waals surface area contributed by atoms with Crippen LogP contribution in [0, 0.1) is 0 Å². The lowest BCUT2D eigenvalue weighted by Crippen LogP contribution is -2.14. The number of benzene rings is 2. The van der Waals surface area contributed by atoms with E-state index in [1.165, 1.54) is 4.68 Å². The number of rotatable bonds is 5. The highest BCUT2D eigenvalue weighted by molar-refractivity contribution is 5.94. The molecule has 1 amide bonds. The van der Waals surface area contributed by atoms with E-state index in [9.17, 15) is 9.90 Å². The maximum Gasteiger partial charge on any atom is 0.248 e. The quantitative estimate of drug-likeness (QED) is 0.563. The van der Waals surface area contributed by atoms with Gasteiger partial charge in [-0.1, -0.05) is 36.4 Å². The highest BCUT2D eigenvalue weighted by Crippen LogP contribution is 2.30. The molecule has 0 atom stereocenters. The van der Waals surface area contributed by atoms with Crippen LogP contribution < -0.4 is 5.73 Å². The standard InChI is InChI=1S/C22H18N4O2/c23-21(27)18-10-9-17(13-16(18)12-15-6-2-1-3-7-15)26-22(28)19(14-25-26)20-8-4-5-11-24-20/h1-11,13-14,28H,12H2,(H2,23,27). The van der Waals surface area contributed by atoms with E-state index >= 15 is 0 Å². The van der Waals surface area contributed by atoms with E-state index in [0.717, 1.165) is 11.1 Å². The molecule has 0 aliphatic rings. The number of primary amides is 1. The van der Waals surface area contributed by atoms with Crippen LogP contribution in [0.1, 0.15) is 21.5 Å². The number of hydrogen-bond donors (Lipinski definition) is 2. The van der Waals surface area contributed by atoms with E-state index in [1.54, 1.807) is 30.6 Å². The van der Waals surface area contributed by atoms with Crippen LogP contribution in [0.5, 0.6) is 5.88 Å². The Hall–Kier alpha value is -3.93. The van der Waals surface area contributed by atoms with Crippen LogP contribution in [-0.2, 0) is 6.42 Å². The van der Waals surface area contributed by atoms with Gasteiger partial charge in [-0.3, -0.25) is 9.78 Å². The lowest BCUT2D eigenvalue weighted by molar-refractivity contribution is 0.0999. The molecule has 2 heterocycles. The Morgan fingerprint density at radius 1 is 1.04 bits per heavy atom. The van der Waals surface area contributed by atoms with E-state index in [2.05, 4.69) is 10.1 Å². The summed E-state index contributed by atoms with van der Waals surface area (Å²) >= 11 is 0. The van der Waals surface area contributed by atoms with Crippen molar-refractivity contribution in [3.63, 3.8) is 0 Å². The molecular formula is C22H18N4O2. The first-order valence-electron chi connectivity index (χ1n) is 8.79. The number of nitrogens with zero attached hydrogens (tertiary/aromatic N) is 3. The average Bonchev–Trinajstić information content (AvgIpc) is 3.10. The van der Waals surface area contributed by atoms with Gasteiger partial charge in [0.05, 0.1) is 23.1 Å². The summed E-state index contributed by atoms with van der Waals surface area (Å²) in [6, 6.07) is 20.5. The van der Waals surface area contributed by atoms with Gasteiger partial charge in [0.25, 0.3) is 0 Å². The number of amides is 1. The molecule has 4 aromatic rings. The van der Waals surface area contributed by atoms with Crippen LogP contribution in [0.15, 0.2) is 79.1 Å². The summed E-state index contributed by atoms with van der Waals surface area (Å²) in [6.07, 6.45) is 3.77. The van der Waals surface area contributed by atoms with Crippen LogP contribution in [-0.4, -0.2) is 25.8 Å². The summed E-state index contributed by atoms with van der Waals surface area (Å²) in [7, 11) is 0. The Morgan fingerprint density at radius 3 is 2.54 bits per heavy atom. The molecule has 0 saturated carbocycles. The summed E-state index contributed by atoms with van der Waals surface area (Å²) in [5.41, 5.74) is 9.62. The van der Waals surface area contributed by atoms with Gasteiger partial charge in [0.1, 0.15) is 0 Å². The third-order valence-electron chi connectivity index (χ3n) is 4.52. The average molecular weight is 370 g/mol. The second-order valence-corrected chi connectivity index (χ2v) is 6.38. The fraction of sp³-hybridized carbons (Fsp3) is 0.0455. The second-order valence-electron chi connectivity index (χ2n) is 6.38. The van der Waals surface area contributed by atoms with E-state index in [4.69, 9.17) is 5.73 Å². The lowest BCUT2D eigenvalue weighted by atomic mass is 9.98. The van der Waals surface area contributed by atoms with Gasteiger partial charge in [-0.05, 0) is 47.9 Å². The number of carbonyl (C=O) groups is 1. The molecule has 0 bridgehead atoms. The van der Waals surface area contributed by atoms with Gasteiger partial charge in [0.2, 0.25) is 11.8 Å². The van der Waals surface area contributed by atoms with Crippen LogP contribution in [0.4, 0.5) is 0 Å². The molecule has 0 fully saturated rings. The Kier molecular flexibility index (Phi) is 4.60. The third-order valence-corrected chi connectivity index (χ3v) is 4.52. The van der Waals surface area contributed by atoms with Crippen molar-refractivity contribution in [3.05, 3.63) is 95.8 Å². The van der Waals surface area contributed by atoms with Crippen LogP contribution in [0.25, 0.3) is 16.9 Å². The summed E-state index contributed by atoms with van der Waals surface area (Å²) in [5, 5.41) is 15.0. The minimum atomic E-state index is -0.489. The van der Waals surface area contributed by atoms with Gasteiger partial charge in [-0.25, -0.2) is 4.68 Å². The minimum absolute atomic E-state index is 0.0174. The van der Waals surface area contributed by atoms with E-state index < -0.39 is 5.91 Å². The zero-order valence-electron chi connectivity index (χ0n) is 15.0. The van der Waals surface area contributed by atoms with Crippen molar-refractivity contribution in [2.24, 2.45) is 5.73 Å². The summed E-state index contributed by atoms with van der Waals surface area (Å²) in [4.78, 5) is 16.1. The normalized spacial score (nSPS) is 10.7. The topological polar surface area (TPSA) is 94.0 Å². The molecule has 2 aromatic heterocycles. The maximum absolute atomic E-state index is 11.9. The molecule has 2 aromatic carbocycles. The number of aromatic hydroxyl groups is 1. The molecule has 3 N–H and O–H groups in total. The van der Waals surface area contributed by atoms with Crippen molar-refractivity contribution in [1.29, 1.82) is 0 Å². The molecule has 0 radical (unpaired) electrons. The van der Waals surface area contributed by atoms with Crippen molar-refractivity contribution in [2.75, 3.05) is 0 Å². The number of aromatic nitrogens is 3. The molecule has 4 rings (SSSR count). The third kappa shape index (κ3) is 3.35. The first-order valence-corrected chi connectivity index (χ1v) is 8.79. The summed E-state index contributed by atoms with van der Waals surface area (Å²) in [5.74, 6) is -0.507. The highest BCUT2D eigenvalue weighted by atomic mass is 16.3. The highest BCUT2D eigenvalue weighted by Gasteiger charge is 2.16. The van der Waals surface area contributed by atoms with E-state index in [1.807, 2.05) is 48.5 Å². The Bertz CT molecular complexity index is 1120. The van der Waals surface area contributed by atoms with Crippen molar-refractivity contribution >= 4 is 5.91 Å². The van der Waals surface area contributed by atoms with Gasteiger partial charge < -0.3 is 10.8 Å². The monoisotopic (exact) mass is 370 g/mol. The molecule has 0 aliphatic heterocycles. The molecule has 6 heteroatoms. The number of nitrogens with two attached hydrogens (primary N) is 1. The van der Waals surface area contributed by atoms with Crippen LogP contribution >= 0.6 is 0 Å². The van der Waals surface area contributed by atoms with Crippen LogP contribution in [0.3, 0.4) is 0 Å². The van der Waals surface area contributed by atoms with Gasteiger partial charge in [-0.2, -0.15) is 5.10 Å². The van der Waals surface area contributed by atoms with Gasteiger partial charge in [0.15, 0.2) is 0 Å². The number of hydrogen-bond acceptors (Lipinski definition) is 4. The predicted molar refractivity (Wildman–Crippen MR) is 106 cm³/mol. The first-order chi connectivity index (χ1) is 13.6. The molecular weight excluding hydrogens is 352 g/mol. The van der Waals surface area contributed by atoms with Crippen molar-refractivity contribution in [3.8, 4) is 22.8 Å². The predicted octanol–water partition coefficient (Wildman–Crippen LogP) is 3.33. The van der Waals surface area contributed by atoms with Crippen molar-refractivity contribution in [2.45, 2.75) is 6.42 Å². The largest absolute Gasteiger partial charge is 0.493 e. The zero-order chi connectivity index (χ0) is 19.5. The zero-order valence-corrected chi connectivity index (χ0v) is 15.0. The number of carbonyl (C=O) groups excluding carboxylic acids is 1. The Morgan fingerprint density at radius 2 is 1.82 bits per heavy atom. The smallest absolute Gasteiger partial charge is 0.248 e. The molecule has 0 saturated heterocycles.